The largest absolute Gasteiger partial charge is 0.479 e. The molecule has 0 aromatic rings. The summed E-state index contributed by atoms with van der Waals surface area (Å²) in [4.78, 5) is 10.6. The highest BCUT2D eigenvalue weighted by atomic mass is 16.6. The third-order valence-electron chi connectivity index (χ3n) is 2.72. The molecule has 3 atom stereocenters. The van der Waals surface area contributed by atoms with E-state index < -0.39 is 12.1 Å². The number of hydrogen-bond acceptors (Lipinski definition) is 3. The fourth-order valence-corrected chi connectivity index (χ4v) is 2.00. The predicted octanol–water partition coefficient (Wildman–Crippen LogP) is 0.798. The molecule has 0 radical (unpaired) electrons. The molecule has 13 heavy (non-hydrogen) atoms. The Morgan fingerprint density at radius 1 is 1.23 bits per heavy atom. The molecule has 4 nitrogen and oxygen atoms in total. The van der Waals surface area contributed by atoms with Crippen molar-refractivity contribution in [2.45, 2.75) is 44.0 Å². The van der Waals surface area contributed by atoms with Crippen LogP contribution in [0.4, 0.5) is 0 Å². The standard InChI is InChI=1S/C9H14O4/c10-9(11)8-5-12-6-3-1-2-4-7(6)13-8/h6-8H,1-5H2,(H,10,11)/t6-,7+,8-/m0/s1. The van der Waals surface area contributed by atoms with E-state index in [4.69, 9.17) is 14.6 Å². The van der Waals surface area contributed by atoms with Gasteiger partial charge in [0.2, 0.25) is 0 Å². The lowest BCUT2D eigenvalue weighted by Gasteiger charge is -2.37. The Kier molecular flexibility index (Phi) is 2.51. The quantitative estimate of drug-likeness (QED) is 0.658. The van der Waals surface area contributed by atoms with Gasteiger partial charge in [-0.15, -0.1) is 0 Å². The third-order valence-corrected chi connectivity index (χ3v) is 2.72. The number of hydrogen-bond donors (Lipinski definition) is 1. The summed E-state index contributed by atoms with van der Waals surface area (Å²) >= 11 is 0. The molecule has 0 unspecified atom stereocenters. The molecule has 2 fully saturated rings. The molecule has 0 aromatic carbocycles. The van der Waals surface area contributed by atoms with Crippen LogP contribution in [0.15, 0.2) is 0 Å². The minimum absolute atomic E-state index is 0.0172. The molecule has 1 saturated carbocycles. The molecule has 0 amide bonds. The third kappa shape index (κ3) is 1.84. The first-order valence-corrected chi connectivity index (χ1v) is 4.77. The molecule has 2 rings (SSSR count). The number of fused-ring (bicyclic) bond motifs is 1. The molecular formula is C9H14O4. The van der Waals surface area contributed by atoms with Gasteiger partial charge in [-0.05, 0) is 12.8 Å². The molecule has 0 bridgehead atoms. The summed E-state index contributed by atoms with van der Waals surface area (Å²) < 4.78 is 10.9. The summed E-state index contributed by atoms with van der Waals surface area (Å²) in [6.45, 7) is 0.205. The van der Waals surface area contributed by atoms with Crippen molar-refractivity contribution in [3.05, 3.63) is 0 Å². The summed E-state index contributed by atoms with van der Waals surface area (Å²) in [6.07, 6.45) is 3.65. The van der Waals surface area contributed by atoms with Gasteiger partial charge in [-0.1, -0.05) is 12.8 Å². The highest BCUT2D eigenvalue weighted by Gasteiger charge is 2.36. The van der Waals surface area contributed by atoms with Crippen molar-refractivity contribution in [1.82, 2.24) is 0 Å². The smallest absolute Gasteiger partial charge is 0.335 e. The van der Waals surface area contributed by atoms with Crippen LogP contribution in [0.3, 0.4) is 0 Å². The minimum Gasteiger partial charge on any atom is -0.479 e. The summed E-state index contributed by atoms with van der Waals surface area (Å²) in [5, 5.41) is 8.72. The van der Waals surface area contributed by atoms with Gasteiger partial charge in [0.1, 0.15) is 0 Å². The maximum Gasteiger partial charge on any atom is 0.335 e. The maximum atomic E-state index is 10.6. The first-order valence-electron chi connectivity index (χ1n) is 4.77. The summed E-state index contributed by atoms with van der Waals surface area (Å²) in [5.41, 5.74) is 0. The van der Waals surface area contributed by atoms with Crippen LogP contribution in [-0.4, -0.2) is 36.0 Å². The number of aliphatic carboxylic acids is 1. The van der Waals surface area contributed by atoms with Gasteiger partial charge in [0.05, 0.1) is 18.8 Å². The lowest BCUT2D eigenvalue weighted by molar-refractivity contribution is -0.205. The number of carbonyl (C=O) groups is 1. The number of carboxylic acids is 1. The normalized spacial score (nSPS) is 39.5. The van der Waals surface area contributed by atoms with Gasteiger partial charge >= 0.3 is 5.97 Å². The van der Waals surface area contributed by atoms with Crippen LogP contribution in [0.1, 0.15) is 25.7 Å². The fourth-order valence-electron chi connectivity index (χ4n) is 2.00. The van der Waals surface area contributed by atoms with Gasteiger partial charge in [-0.3, -0.25) is 0 Å². The molecule has 2 aliphatic rings. The SMILES string of the molecule is O=C(O)[C@@H]1CO[C@H]2CCCC[C@H]2O1. The Bertz CT molecular complexity index is 204. The van der Waals surface area contributed by atoms with Crippen LogP contribution in [0.5, 0.6) is 0 Å². The Balaban J connectivity index is 1.95. The second-order valence-electron chi connectivity index (χ2n) is 3.66. The van der Waals surface area contributed by atoms with E-state index in [9.17, 15) is 4.79 Å². The topological polar surface area (TPSA) is 55.8 Å². The second kappa shape index (κ2) is 3.64. The van der Waals surface area contributed by atoms with Gasteiger partial charge in [0, 0.05) is 0 Å². The highest BCUT2D eigenvalue weighted by Crippen LogP contribution is 2.28. The van der Waals surface area contributed by atoms with Gasteiger partial charge in [0.25, 0.3) is 0 Å². The van der Waals surface area contributed by atoms with Crippen LogP contribution in [-0.2, 0) is 14.3 Å². The van der Waals surface area contributed by atoms with Gasteiger partial charge < -0.3 is 14.6 Å². The molecule has 1 aliphatic carbocycles. The van der Waals surface area contributed by atoms with Crippen molar-refractivity contribution in [3.63, 3.8) is 0 Å². The lowest BCUT2D eigenvalue weighted by atomic mass is 9.93. The van der Waals surface area contributed by atoms with Gasteiger partial charge in [-0.2, -0.15) is 0 Å². The van der Waals surface area contributed by atoms with Crippen molar-refractivity contribution >= 4 is 5.97 Å². The summed E-state index contributed by atoms with van der Waals surface area (Å²) in [7, 11) is 0. The molecular weight excluding hydrogens is 172 g/mol. The molecule has 4 heteroatoms. The summed E-state index contributed by atoms with van der Waals surface area (Å²) in [6, 6.07) is 0. The zero-order valence-electron chi connectivity index (χ0n) is 7.44. The molecule has 74 valence electrons. The van der Waals surface area contributed by atoms with Crippen molar-refractivity contribution in [1.29, 1.82) is 0 Å². The number of ether oxygens (including phenoxy) is 2. The van der Waals surface area contributed by atoms with E-state index in [0.717, 1.165) is 19.3 Å². The van der Waals surface area contributed by atoms with Crippen LogP contribution >= 0.6 is 0 Å². The Labute approximate surface area is 76.8 Å². The Hall–Kier alpha value is -0.610. The molecule has 1 aliphatic heterocycles. The first kappa shape index (κ1) is 8.97. The van der Waals surface area contributed by atoms with Crippen molar-refractivity contribution in [3.8, 4) is 0 Å². The first-order chi connectivity index (χ1) is 6.27. The van der Waals surface area contributed by atoms with E-state index in [1.807, 2.05) is 0 Å². The zero-order chi connectivity index (χ0) is 9.26. The molecule has 0 spiro atoms. The second-order valence-corrected chi connectivity index (χ2v) is 3.66. The van der Waals surface area contributed by atoms with Crippen LogP contribution in [0.2, 0.25) is 0 Å². The van der Waals surface area contributed by atoms with Gasteiger partial charge in [-0.25, -0.2) is 4.79 Å². The highest BCUT2D eigenvalue weighted by molar-refractivity contribution is 5.72. The van der Waals surface area contributed by atoms with Crippen molar-refractivity contribution in [2.24, 2.45) is 0 Å². The van der Waals surface area contributed by atoms with Crippen molar-refractivity contribution in [2.75, 3.05) is 6.61 Å². The minimum atomic E-state index is -0.913. The number of rotatable bonds is 1. The average molecular weight is 186 g/mol. The maximum absolute atomic E-state index is 10.6. The fraction of sp³-hybridized carbons (Fsp3) is 0.889. The average Bonchev–Trinajstić information content (AvgIpc) is 2.17. The Morgan fingerprint density at radius 2 is 1.92 bits per heavy atom. The van der Waals surface area contributed by atoms with E-state index in [2.05, 4.69) is 0 Å². The lowest BCUT2D eigenvalue weighted by Crippen LogP contribution is -2.47. The molecule has 1 saturated heterocycles. The van der Waals surface area contributed by atoms with E-state index >= 15 is 0 Å². The van der Waals surface area contributed by atoms with E-state index in [0.29, 0.717) is 0 Å². The van der Waals surface area contributed by atoms with E-state index in [1.54, 1.807) is 0 Å². The molecule has 0 aromatic heterocycles. The molecule has 1 heterocycles. The van der Waals surface area contributed by atoms with E-state index in [1.165, 1.54) is 6.42 Å². The predicted molar refractivity (Wildman–Crippen MR) is 44.5 cm³/mol. The van der Waals surface area contributed by atoms with Crippen LogP contribution in [0, 0.1) is 0 Å². The summed E-state index contributed by atoms with van der Waals surface area (Å²) in [5.74, 6) is -0.913. The van der Waals surface area contributed by atoms with Crippen molar-refractivity contribution < 1.29 is 19.4 Å². The zero-order valence-corrected chi connectivity index (χ0v) is 7.44. The number of carboxylic acid groups (broad SMARTS) is 1. The van der Waals surface area contributed by atoms with Crippen LogP contribution in [0.25, 0.3) is 0 Å². The van der Waals surface area contributed by atoms with Gasteiger partial charge in [0.15, 0.2) is 6.10 Å². The Morgan fingerprint density at radius 3 is 2.62 bits per heavy atom. The monoisotopic (exact) mass is 186 g/mol. The van der Waals surface area contributed by atoms with Crippen LogP contribution < -0.4 is 0 Å². The van der Waals surface area contributed by atoms with E-state index in [-0.39, 0.29) is 18.8 Å². The molecule has 1 N–H and O–H groups in total.